The molecule has 1 aliphatic carbocycles. The number of rotatable bonds is 4. The largest absolute Gasteiger partial charge is 0.377 e. The van der Waals surface area contributed by atoms with Crippen LogP contribution in [-0.2, 0) is 6.54 Å². The van der Waals surface area contributed by atoms with E-state index in [-0.39, 0.29) is 0 Å². The molecule has 0 aromatic carbocycles. The average Bonchev–Trinajstić information content (AvgIpc) is 2.76. The summed E-state index contributed by atoms with van der Waals surface area (Å²) in [7, 11) is 4.15. The van der Waals surface area contributed by atoms with Crippen LogP contribution in [0.15, 0.2) is 0 Å². The van der Waals surface area contributed by atoms with E-state index in [0.717, 1.165) is 23.2 Å². The van der Waals surface area contributed by atoms with Crippen LogP contribution in [0.25, 0.3) is 0 Å². The van der Waals surface area contributed by atoms with Crippen LogP contribution >= 0.6 is 11.5 Å². The van der Waals surface area contributed by atoms with Gasteiger partial charge in [-0.1, -0.05) is 24.3 Å². The van der Waals surface area contributed by atoms with Crippen LogP contribution in [0.5, 0.6) is 0 Å². The Hall–Kier alpha value is -0.680. The maximum atomic E-state index is 4.21. The summed E-state index contributed by atoms with van der Waals surface area (Å²) in [4.78, 5) is 2.45. The van der Waals surface area contributed by atoms with Crippen LogP contribution in [0.2, 0.25) is 0 Å². The standard InChI is InChI=1S/C12H22N4S/c1-9-6-4-5-7-11(9)16(3)8-10-12(13-2)17-15-14-10/h9,11,13H,4-8H2,1-3H3. The van der Waals surface area contributed by atoms with Crippen molar-refractivity contribution < 1.29 is 0 Å². The van der Waals surface area contributed by atoms with Gasteiger partial charge in [-0.2, -0.15) is 0 Å². The molecule has 2 atom stereocenters. The highest BCUT2D eigenvalue weighted by Gasteiger charge is 2.25. The number of hydrogen-bond donors (Lipinski definition) is 1. The van der Waals surface area contributed by atoms with Crippen molar-refractivity contribution in [3.8, 4) is 0 Å². The Morgan fingerprint density at radius 3 is 2.88 bits per heavy atom. The van der Waals surface area contributed by atoms with Crippen molar-refractivity contribution in [2.24, 2.45) is 5.92 Å². The quantitative estimate of drug-likeness (QED) is 0.896. The summed E-state index contributed by atoms with van der Waals surface area (Å²) in [5.74, 6) is 0.804. The summed E-state index contributed by atoms with van der Waals surface area (Å²) >= 11 is 1.44. The predicted molar refractivity (Wildman–Crippen MR) is 72.3 cm³/mol. The van der Waals surface area contributed by atoms with Crippen LogP contribution in [0, 0.1) is 5.92 Å². The molecule has 1 saturated carbocycles. The fraction of sp³-hybridized carbons (Fsp3) is 0.833. The van der Waals surface area contributed by atoms with Gasteiger partial charge >= 0.3 is 0 Å². The van der Waals surface area contributed by atoms with Gasteiger partial charge in [0.2, 0.25) is 0 Å². The minimum absolute atomic E-state index is 0.704. The van der Waals surface area contributed by atoms with Gasteiger partial charge in [-0.25, -0.2) is 0 Å². The second kappa shape index (κ2) is 5.78. The third-order valence-corrected chi connectivity index (χ3v) is 4.60. The van der Waals surface area contributed by atoms with E-state index in [4.69, 9.17) is 0 Å². The molecule has 1 aromatic heterocycles. The van der Waals surface area contributed by atoms with E-state index < -0.39 is 0 Å². The van der Waals surface area contributed by atoms with Crippen LogP contribution < -0.4 is 5.32 Å². The van der Waals surface area contributed by atoms with Gasteiger partial charge in [-0.15, -0.1) is 5.10 Å². The molecule has 1 heterocycles. The third-order valence-electron chi connectivity index (χ3n) is 3.81. The summed E-state index contributed by atoms with van der Waals surface area (Å²) in [6.45, 7) is 3.28. The van der Waals surface area contributed by atoms with Gasteiger partial charge in [0.1, 0.15) is 10.7 Å². The zero-order valence-electron chi connectivity index (χ0n) is 10.9. The zero-order chi connectivity index (χ0) is 12.3. The molecule has 1 fully saturated rings. The van der Waals surface area contributed by atoms with E-state index in [1.165, 1.54) is 37.2 Å². The van der Waals surface area contributed by atoms with Crippen LogP contribution in [-0.4, -0.2) is 34.6 Å². The van der Waals surface area contributed by atoms with Crippen molar-refractivity contribution >= 4 is 16.5 Å². The van der Waals surface area contributed by atoms with Crippen molar-refractivity contribution in [1.29, 1.82) is 0 Å². The first-order chi connectivity index (χ1) is 8.22. The Kier molecular flexibility index (Phi) is 4.34. The molecular formula is C12H22N4S. The minimum atomic E-state index is 0.704. The molecule has 96 valence electrons. The number of aromatic nitrogens is 2. The maximum Gasteiger partial charge on any atom is 0.134 e. The molecule has 0 radical (unpaired) electrons. The predicted octanol–water partition coefficient (Wildman–Crippen LogP) is 2.59. The second-order valence-corrected chi connectivity index (χ2v) is 5.80. The Morgan fingerprint density at radius 2 is 2.18 bits per heavy atom. The van der Waals surface area contributed by atoms with Crippen LogP contribution in [0.1, 0.15) is 38.3 Å². The number of nitrogens with zero attached hydrogens (tertiary/aromatic N) is 3. The third kappa shape index (κ3) is 2.96. The van der Waals surface area contributed by atoms with Gasteiger partial charge in [0, 0.05) is 31.2 Å². The highest BCUT2D eigenvalue weighted by atomic mass is 32.1. The van der Waals surface area contributed by atoms with Gasteiger partial charge in [0.25, 0.3) is 0 Å². The van der Waals surface area contributed by atoms with Crippen molar-refractivity contribution in [3.63, 3.8) is 0 Å². The molecule has 1 aliphatic rings. The van der Waals surface area contributed by atoms with E-state index in [2.05, 4.69) is 33.8 Å². The summed E-state index contributed by atoms with van der Waals surface area (Å²) in [5, 5.41) is 8.47. The normalized spacial score (nSPS) is 25.2. The monoisotopic (exact) mass is 254 g/mol. The van der Waals surface area contributed by atoms with Crippen LogP contribution in [0.4, 0.5) is 5.00 Å². The average molecular weight is 254 g/mol. The second-order valence-electron chi connectivity index (χ2n) is 5.04. The molecule has 0 spiro atoms. The number of hydrogen-bond acceptors (Lipinski definition) is 5. The van der Waals surface area contributed by atoms with Gasteiger partial charge in [-0.05, 0) is 25.8 Å². The van der Waals surface area contributed by atoms with Gasteiger partial charge in [0.05, 0.1) is 0 Å². The first-order valence-electron chi connectivity index (χ1n) is 6.41. The van der Waals surface area contributed by atoms with E-state index in [1.54, 1.807) is 0 Å². The molecular weight excluding hydrogens is 232 g/mol. The van der Waals surface area contributed by atoms with E-state index in [0.29, 0.717) is 6.04 Å². The number of nitrogens with one attached hydrogen (secondary N) is 1. The molecule has 5 heteroatoms. The molecule has 4 nitrogen and oxygen atoms in total. The van der Waals surface area contributed by atoms with Crippen molar-refractivity contribution in [3.05, 3.63) is 5.69 Å². The lowest BCUT2D eigenvalue weighted by Crippen LogP contribution is -2.38. The summed E-state index contributed by atoms with van der Waals surface area (Å²) < 4.78 is 4.01. The lowest BCUT2D eigenvalue weighted by Gasteiger charge is -2.36. The lowest BCUT2D eigenvalue weighted by atomic mass is 9.85. The first-order valence-corrected chi connectivity index (χ1v) is 7.19. The molecule has 17 heavy (non-hydrogen) atoms. The van der Waals surface area contributed by atoms with Gasteiger partial charge in [-0.3, -0.25) is 4.90 Å². The Bertz CT molecular complexity index is 352. The van der Waals surface area contributed by atoms with Crippen molar-refractivity contribution in [2.45, 2.75) is 45.2 Å². The molecule has 2 rings (SSSR count). The SMILES string of the molecule is CNc1snnc1CN(C)C1CCCCC1C. The Balaban J connectivity index is 1.98. The molecule has 1 aromatic rings. The topological polar surface area (TPSA) is 41.1 Å². The number of anilines is 1. The van der Waals surface area contributed by atoms with Crippen LogP contribution in [0.3, 0.4) is 0 Å². The molecule has 0 saturated heterocycles. The van der Waals surface area contributed by atoms with Gasteiger partial charge < -0.3 is 5.32 Å². The molecule has 0 amide bonds. The summed E-state index contributed by atoms with van der Waals surface area (Å²) in [6.07, 6.45) is 5.45. The first kappa shape index (κ1) is 12.8. The smallest absolute Gasteiger partial charge is 0.134 e. The zero-order valence-corrected chi connectivity index (χ0v) is 11.8. The van der Waals surface area contributed by atoms with Gasteiger partial charge in [0.15, 0.2) is 0 Å². The van der Waals surface area contributed by atoms with E-state index in [1.807, 2.05) is 7.05 Å². The molecule has 0 bridgehead atoms. The van der Waals surface area contributed by atoms with Crippen molar-refractivity contribution in [2.75, 3.05) is 19.4 Å². The van der Waals surface area contributed by atoms with Crippen molar-refractivity contribution in [1.82, 2.24) is 14.5 Å². The summed E-state index contributed by atoms with van der Waals surface area (Å²) in [6, 6.07) is 0.704. The van der Waals surface area contributed by atoms with E-state index in [9.17, 15) is 0 Å². The maximum absolute atomic E-state index is 4.21. The fourth-order valence-corrected chi connectivity index (χ4v) is 3.33. The fourth-order valence-electron chi connectivity index (χ4n) is 2.81. The Labute approximate surface area is 108 Å². The van der Waals surface area contributed by atoms with E-state index >= 15 is 0 Å². The summed E-state index contributed by atoms with van der Waals surface area (Å²) in [5.41, 5.74) is 1.08. The molecule has 1 N–H and O–H groups in total. The highest BCUT2D eigenvalue weighted by Crippen LogP contribution is 2.29. The lowest BCUT2D eigenvalue weighted by molar-refractivity contribution is 0.132. The minimum Gasteiger partial charge on any atom is -0.377 e. The molecule has 2 unspecified atom stereocenters. The highest BCUT2D eigenvalue weighted by molar-refractivity contribution is 7.10. The molecule has 0 aliphatic heterocycles. The Morgan fingerprint density at radius 1 is 1.41 bits per heavy atom.